The van der Waals surface area contributed by atoms with Crippen LogP contribution in [0.25, 0.3) is 0 Å². The van der Waals surface area contributed by atoms with Crippen LogP contribution in [0.3, 0.4) is 0 Å². The van der Waals surface area contributed by atoms with Crippen molar-refractivity contribution < 1.29 is 36.7 Å². The molecule has 0 radical (unpaired) electrons. The molecule has 2 N–H and O–H groups in total. The molecule has 0 bridgehead atoms. The van der Waals surface area contributed by atoms with E-state index in [1.807, 2.05) is 4.72 Å². The van der Waals surface area contributed by atoms with Crippen molar-refractivity contribution in [3.63, 3.8) is 0 Å². The lowest BCUT2D eigenvalue weighted by Crippen LogP contribution is -2.44. The molecule has 11 heteroatoms. The van der Waals surface area contributed by atoms with Crippen LogP contribution in [0.4, 0.5) is 9.18 Å². The third-order valence-electron chi connectivity index (χ3n) is 2.88. The van der Waals surface area contributed by atoms with Crippen LogP contribution in [0.2, 0.25) is 0 Å². The lowest BCUT2D eigenvalue weighted by Gasteiger charge is -2.17. The van der Waals surface area contributed by atoms with E-state index in [1.54, 1.807) is 5.32 Å². The van der Waals surface area contributed by atoms with E-state index < -0.39 is 50.9 Å². The third kappa shape index (κ3) is 5.80. The summed E-state index contributed by atoms with van der Waals surface area (Å²) < 4.78 is 48.6. The molecular formula is C14H17FN2O7S. The van der Waals surface area contributed by atoms with E-state index >= 15 is 0 Å². The van der Waals surface area contributed by atoms with Gasteiger partial charge < -0.3 is 9.47 Å². The van der Waals surface area contributed by atoms with Gasteiger partial charge >= 0.3 is 12.1 Å². The largest absolute Gasteiger partial charge is 0.453 e. The molecule has 0 fully saturated rings. The number of nitrogens with one attached hydrogen (secondary N) is 2. The highest BCUT2D eigenvalue weighted by molar-refractivity contribution is 7.89. The first-order valence-corrected chi connectivity index (χ1v) is 8.43. The van der Waals surface area contributed by atoms with Gasteiger partial charge in [-0.15, -0.1) is 0 Å². The van der Waals surface area contributed by atoms with Crippen LogP contribution >= 0.6 is 0 Å². The summed E-state index contributed by atoms with van der Waals surface area (Å²) in [5.41, 5.74) is 0. The van der Waals surface area contributed by atoms with E-state index in [0.717, 1.165) is 26.2 Å². The zero-order chi connectivity index (χ0) is 19.2. The monoisotopic (exact) mass is 376 g/mol. The number of halogens is 1. The second-order valence-corrected chi connectivity index (χ2v) is 6.52. The Hall–Kier alpha value is -2.53. The van der Waals surface area contributed by atoms with Crippen molar-refractivity contribution >= 4 is 28.0 Å². The molecular weight excluding hydrogens is 359 g/mol. The molecule has 0 heterocycles. The average Bonchev–Trinajstić information content (AvgIpc) is 2.54. The van der Waals surface area contributed by atoms with E-state index in [0.29, 0.717) is 0 Å². The molecule has 0 saturated heterocycles. The number of benzene rings is 1. The molecule has 0 aromatic heterocycles. The minimum absolute atomic E-state index is 0.633. The molecule has 0 aliphatic carbocycles. The van der Waals surface area contributed by atoms with Crippen molar-refractivity contribution in [1.29, 1.82) is 0 Å². The summed E-state index contributed by atoms with van der Waals surface area (Å²) in [6, 6.07) is 3.21. The molecule has 2 amide bonds. The summed E-state index contributed by atoms with van der Waals surface area (Å²) in [7, 11) is -3.27. The van der Waals surface area contributed by atoms with Crippen LogP contribution in [0.5, 0.6) is 0 Å². The number of methoxy groups -OCH3 is 1. The maximum absolute atomic E-state index is 13.6. The first-order chi connectivity index (χ1) is 11.6. The fourth-order valence-electron chi connectivity index (χ4n) is 1.59. The molecule has 0 saturated carbocycles. The minimum Gasteiger partial charge on any atom is -0.453 e. The Morgan fingerprint density at radius 3 is 2.32 bits per heavy atom. The molecule has 1 aromatic carbocycles. The molecule has 25 heavy (non-hydrogen) atoms. The molecule has 0 unspecified atom stereocenters. The Labute approximate surface area is 143 Å². The van der Waals surface area contributed by atoms with Gasteiger partial charge in [0, 0.05) is 0 Å². The zero-order valence-corrected chi connectivity index (χ0v) is 14.4. The predicted molar refractivity (Wildman–Crippen MR) is 82.3 cm³/mol. The molecule has 0 aliphatic heterocycles. The fourth-order valence-corrected chi connectivity index (χ4v) is 2.86. The van der Waals surface area contributed by atoms with Gasteiger partial charge in [0.25, 0.3) is 5.91 Å². The highest BCUT2D eigenvalue weighted by Gasteiger charge is 2.28. The van der Waals surface area contributed by atoms with Gasteiger partial charge in [-0.05, 0) is 26.0 Å². The Kier molecular flexibility index (Phi) is 7.00. The Morgan fingerprint density at radius 2 is 1.76 bits per heavy atom. The highest BCUT2D eigenvalue weighted by Crippen LogP contribution is 2.14. The normalized spacial score (nSPS) is 13.4. The van der Waals surface area contributed by atoms with Crippen molar-refractivity contribution in [1.82, 2.24) is 10.0 Å². The second kappa shape index (κ2) is 8.53. The van der Waals surface area contributed by atoms with E-state index in [9.17, 15) is 27.2 Å². The summed E-state index contributed by atoms with van der Waals surface area (Å²) >= 11 is 0. The maximum Gasteiger partial charge on any atom is 0.413 e. The Bertz CT molecular complexity index is 766. The van der Waals surface area contributed by atoms with Crippen molar-refractivity contribution in [2.75, 3.05) is 7.11 Å². The van der Waals surface area contributed by atoms with Crippen molar-refractivity contribution in [2.45, 2.75) is 30.9 Å². The van der Waals surface area contributed by atoms with E-state index in [-0.39, 0.29) is 0 Å². The van der Waals surface area contributed by atoms with Crippen molar-refractivity contribution in [3.05, 3.63) is 30.1 Å². The first-order valence-electron chi connectivity index (χ1n) is 6.94. The number of carbonyl (C=O) groups is 3. The quantitative estimate of drug-likeness (QED) is 0.684. The van der Waals surface area contributed by atoms with Gasteiger partial charge in [0.2, 0.25) is 10.0 Å². The number of hydrogen-bond donors (Lipinski definition) is 2. The number of sulfonamides is 1. The van der Waals surface area contributed by atoms with Gasteiger partial charge in [-0.25, -0.2) is 17.6 Å². The molecule has 2 atom stereocenters. The zero-order valence-electron chi connectivity index (χ0n) is 13.6. The lowest BCUT2D eigenvalue weighted by molar-refractivity contribution is -0.155. The lowest BCUT2D eigenvalue weighted by atomic mass is 10.3. The summed E-state index contributed by atoms with van der Waals surface area (Å²) in [4.78, 5) is 33.7. The van der Waals surface area contributed by atoms with E-state index in [2.05, 4.69) is 4.74 Å². The van der Waals surface area contributed by atoms with Crippen molar-refractivity contribution in [2.24, 2.45) is 0 Å². The van der Waals surface area contributed by atoms with Crippen LogP contribution < -0.4 is 10.0 Å². The number of amides is 2. The number of hydrogen-bond acceptors (Lipinski definition) is 7. The van der Waals surface area contributed by atoms with Gasteiger partial charge in [0.1, 0.15) is 16.8 Å². The Morgan fingerprint density at radius 1 is 1.16 bits per heavy atom. The summed E-state index contributed by atoms with van der Waals surface area (Å²) in [6.45, 7) is 2.33. The molecule has 0 spiro atoms. The summed E-state index contributed by atoms with van der Waals surface area (Å²) in [6.07, 6.45) is -2.42. The summed E-state index contributed by atoms with van der Waals surface area (Å²) in [5.74, 6) is -3.03. The number of imide groups is 1. The van der Waals surface area contributed by atoms with Gasteiger partial charge in [-0.1, -0.05) is 12.1 Å². The SMILES string of the molecule is COC(=O)NC(=O)[C@H](C)OC(=O)[C@H](C)NS(=O)(=O)c1ccccc1F. The minimum atomic E-state index is -4.31. The van der Waals surface area contributed by atoms with Crippen LogP contribution in [-0.4, -0.2) is 45.6 Å². The van der Waals surface area contributed by atoms with Crippen LogP contribution in [-0.2, 0) is 29.1 Å². The maximum atomic E-state index is 13.6. The second-order valence-electron chi connectivity index (χ2n) is 4.83. The van der Waals surface area contributed by atoms with Gasteiger partial charge in [0.05, 0.1) is 7.11 Å². The molecule has 0 aliphatic rings. The number of esters is 1. The standard InChI is InChI=1S/C14H17FN2O7S/c1-8(13(19)24-9(2)12(18)16-14(20)23-3)17-25(21,22)11-7-5-4-6-10(11)15/h4-9,17H,1-3H3,(H,16,18,20)/t8-,9-/m0/s1. The summed E-state index contributed by atoms with van der Waals surface area (Å²) in [5, 5.41) is 1.79. The van der Waals surface area contributed by atoms with Gasteiger partial charge in [-0.2, -0.15) is 4.72 Å². The third-order valence-corrected chi connectivity index (χ3v) is 4.46. The number of carbonyl (C=O) groups excluding carboxylic acids is 3. The molecule has 9 nitrogen and oxygen atoms in total. The van der Waals surface area contributed by atoms with Crippen LogP contribution in [0.15, 0.2) is 29.2 Å². The van der Waals surface area contributed by atoms with Gasteiger partial charge in [0.15, 0.2) is 6.10 Å². The number of ether oxygens (including phenoxy) is 2. The first kappa shape index (κ1) is 20.5. The van der Waals surface area contributed by atoms with Crippen LogP contribution in [0.1, 0.15) is 13.8 Å². The Balaban J connectivity index is 2.72. The molecule has 1 aromatic rings. The molecule has 1 rings (SSSR count). The fraction of sp³-hybridized carbons (Fsp3) is 0.357. The molecule has 138 valence electrons. The van der Waals surface area contributed by atoms with E-state index in [4.69, 9.17) is 4.74 Å². The highest BCUT2D eigenvalue weighted by atomic mass is 32.2. The topological polar surface area (TPSA) is 128 Å². The van der Waals surface area contributed by atoms with E-state index in [1.165, 1.54) is 19.1 Å². The predicted octanol–water partition coefficient (Wildman–Crippen LogP) is 0.307. The van der Waals surface area contributed by atoms with Gasteiger partial charge in [-0.3, -0.25) is 14.9 Å². The average molecular weight is 376 g/mol. The smallest absolute Gasteiger partial charge is 0.413 e. The van der Waals surface area contributed by atoms with Crippen molar-refractivity contribution in [3.8, 4) is 0 Å². The van der Waals surface area contributed by atoms with Crippen LogP contribution in [0, 0.1) is 5.82 Å². The number of alkyl carbamates (subject to hydrolysis) is 1. The number of rotatable bonds is 6.